The molecule has 1 aliphatic heterocycles. The number of nitrogens with zero attached hydrogens (tertiary/aromatic N) is 1. The Morgan fingerprint density at radius 2 is 1.64 bits per heavy atom. The van der Waals surface area contributed by atoms with E-state index in [4.69, 9.17) is 0 Å². The molecule has 0 radical (unpaired) electrons. The third-order valence-corrected chi connectivity index (χ3v) is 9.58. The highest BCUT2D eigenvalue weighted by Crippen LogP contribution is 2.56. The number of hydrogen-bond donors (Lipinski definition) is 2. The molecule has 3 aromatic rings. The van der Waals surface area contributed by atoms with Gasteiger partial charge in [0.15, 0.2) is 11.6 Å². The summed E-state index contributed by atoms with van der Waals surface area (Å²) in [6.45, 7) is 5.42. The molecule has 2 amide bonds. The Labute approximate surface area is 261 Å². The predicted molar refractivity (Wildman–Crippen MR) is 172 cm³/mol. The van der Waals surface area contributed by atoms with Crippen LogP contribution in [-0.4, -0.2) is 28.5 Å². The van der Waals surface area contributed by atoms with Crippen LogP contribution in [0.3, 0.4) is 0 Å². The van der Waals surface area contributed by atoms with Crippen molar-refractivity contribution in [3.05, 3.63) is 131 Å². The van der Waals surface area contributed by atoms with E-state index in [-0.39, 0.29) is 35.6 Å². The number of carbonyl (C=O) groups excluding carboxylic acids is 4. The van der Waals surface area contributed by atoms with Crippen LogP contribution in [-0.2, 0) is 25.6 Å². The average molecular weight is 597 g/mol. The number of phenolic OH excluding ortho intramolecular Hbond substituents is 1. The van der Waals surface area contributed by atoms with E-state index >= 15 is 0 Å². The first-order valence-corrected chi connectivity index (χ1v) is 15.2. The van der Waals surface area contributed by atoms with Crippen LogP contribution in [0.2, 0.25) is 0 Å². The maximum atomic E-state index is 14.2. The Balaban J connectivity index is 1.27. The molecule has 7 rings (SSSR count). The van der Waals surface area contributed by atoms with Gasteiger partial charge < -0.3 is 10.4 Å². The Bertz CT molecular complexity index is 1880. The third-order valence-electron chi connectivity index (χ3n) is 9.58. The number of fused-ring (bicyclic) bond motifs is 3. The maximum absolute atomic E-state index is 14.2. The second kappa shape index (κ2) is 11.0. The first kappa shape index (κ1) is 28.5. The summed E-state index contributed by atoms with van der Waals surface area (Å²) in [6.07, 6.45) is 5.97. The fourth-order valence-corrected chi connectivity index (χ4v) is 7.52. The average Bonchev–Trinajstić information content (AvgIpc) is 3.30. The molecule has 1 fully saturated rings. The molecule has 45 heavy (non-hydrogen) atoms. The number of carbonyl (C=O) groups is 4. The lowest BCUT2D eigenvalue weighted by molar-refractivity contribution is -0.123. The van der Waals surface area contributed by atoms with E-state index in [9.17, 15) is 24.3 Å². The number of nitrogens with one attached hydrogen (secondary N) is 1. The van der Waals surface area contributed by atoms with Crippen molar-refractivity contribution in [3.8, 4) is 5.75 Å². The largest absolute Gasteiger partial charge is 0.507 e. The number of phenols is 1. The molecule has 0 bridgehead atoms. The Morgan fingerprint density at radius 1 is 0.911 bits per heavy atom. The van der Waals surface area contributed by atoms with Crippen molar-refractivity contribution in [2.45, 2.75) is 32.1 Å². The minimum absolute atomic E-state index is 0.0463. The van der Waals surface area contributed by atoms with E-state index in [1.165, 1.54) is 11.0 Å². The topological polar surface area (TPSA) is 104 Å². The van der Waals surface area contributed by atoms with Crippen molar-refractivity contribution < 1.29 is 24.3 Å². The van der Waals surface area contributed by atoms with Crippen LogP contribution in [0.15, 0.2) is 120 Å². The zero-order valence-electron chi connectivity index (χ0n) is 24.8. The molecule has 4 unspecified atom stereocenters. The molecule has 4 aliphatic rings. The molecule has 1 heterocycles. The highest BCUT2D eigenvalue weighted by Gasteiger charge is 2.56. The van der Waals surface area contributed by atoms with E-state index in [0.29, 0.717) is 46.4 Å². The van der Waals surface area contributed by atoms with Crippen molar-refractivity contribution in [1.29, 1.82) is 0 Å². The molecule has 0 aromatic heterocycles. The van der Waals surface area contributed by atoms with Gasteiger partial charge in [-0.25, -0.2) is 0 Å². The lowest BCUT2D eigenvalue weighted by Crippen LogP contribution is -2.39. The molecule has 224 valence electrons. The van der Waals surface area contributed by atoms with Crippen molar-refractivity contribution in [3.63, 3.8) is 0 Å². The van der Waals surface area contributed by atoms with Crippen LogP contribution < -0.4 is 10.2 Å². The standard InChI is InChI=1S/C38H32N2O5/c1-3-8-22-9-7-12-27(36(22)43)32-26-17-18-28-33(29(26)20-30-31(41)19-21(2)35(42)34(30)32)38(45)40(37(28)44)25-15-13-24(14-16-25)39-23-10-5-4-6-11-23/h3-7,9-17,19,28-29,32-33,39,43H,1,8,18,20H2,2H3. The smallest absolute Gasteiger partial charge is 0.238 e. The van der Waals surface area contributed by atoms with E-state index in [1.807, 2.05) is 54.6 Å². The van der Waals surface area contributed by atoms with Crippen molar-refractivity contribution in [2.75, 3.05) is 10.2 Å². The second-order valence-corrected chi connectivity index (χ2v) is 12.1. The number of benzene rings is 3. The van der Waals surface area contributed by atoms with E-state index in [2.05, 4.69) is 11.9 Å². The van der Waals surface area contributed by atoms with Crippen LogP contribution >= 0.6 is 0 Å². The van der Waals surface area contributed by atoms with Gasteiger partial charge in [0.05, 0.1) is 17.5 Å². The van der Waals surface area contributed by atoms with Crippen molar-refractivity contribution >= 4 is 40.4 Å². The van der Waals surface area contributed by atoms with Crippen LogP contribution in [0.5, 0.6) is 5.75 Å². The highest BCUT2D eigenvalue weighted by atomic mass is 16.3. The summed E-state index contributed by atoms with van der Waals surface area (Å²) in [7, 11) is 0. The van der Waals surface area contributed by atoms with Gasteiger partial charge in [0.2, 0.25) is 11.8 Å². The van der Waals surface area contributed by atoms with Gasteiger partial charge in [0, 0.05) is 39.6 Å². The van der Waals surface area contributed by atoms with Gasteiger partial charge in [-0.1, -0.05) is 54.1 Å². The highest BCUT2D eigenvalue weighted by molar-refractivity contribution is 6.25. The summed E-state index contributed by atoms with van der Waals surface area (Å²) in [5.41, 5.74) is 5.29. The molecule has 4 atom stereocenters. The number of amides is 2. The number of hydrogen-bond acceptors (Lipinski definition) is 6. The van der Waals surface area contributed by atoms with Crippen LogP contribution in [0.1, 0.15) is 36.8 Å². The second-order valence-electron chi connectivity index (χ2n) is 12.1. The first-order chi connectivity index (χ1) is 21.8. The summed E-state index contributed by atoms with van der Waals surface area (Å²) >= 11 is 0. The lowest BCUT2D eigenvalue weighted by atomic mass is 9.59. The first-order valence-electron chi connectivity index (χ1n) is 15.2. The van der Waals surface area contributed by atoms with Crippen molar-refractivity contribution in [1.82, 2.24) is 0 Å². The van der Waals surface area contributed by atoms with Crippen LogP contribution in [0.25, 0.3) is 0 Å². The molecular formula is C38H32N2O5. The van der Waals surface area contributed by atoms with E-state index in [1.54, 1.807) is 37.3 Å². The lowest BCUT2D eigenvalue weighted by Gasteiger charge is -2.42. The van der Waals surface area contributed by atoms with Gasteiger partial charge in [-0.3, -0.25) is 24.1 Å². The molecule has 0 saturated carbocycles. The number of Topliss-reactive ketones (excluding diaryl/α,β-unsaturated/α-hetero) is 1. The molecule has 2 N–H and O–H groups in total. The van der Waals surface area contributed by atoms with Crippen molar-refractivity contribution in [2.24, 2.45) is 17.8 Å². The summed E-state index contributed by atoms with van der Waals surface area (Å²) in [5, 5.41) is 14.7. The molecule has 7 heteroatoms. The molecule has 7 nitrogen and oxygen atoms in total. The summed E-state index contributed by atoms with van der Waals surface area (Å²) in [6, 6.07) is 22.3. The minimum atomic E-state index is -0.704. The summed E-state index contributed by atoms with van der Waals surface area (Å²) in [4.78, 5) is 56.4. The maximum Gasteiger partial charge on any atom is 0.238 e. The number of rotatable bonds is 6. The summed E-state index contributed by atoms with van der Waals surface area (Å²) in [5.74, 6) is -3.47. The zero-order valence-corrected chi connectivity index (χ0v) is 24.8. The van der Waals surface area contributed by atoms with E-state index < -0.39 is 23.7 Å². The van der Waals surface area contributed by atoms with Crippen LogP contribution in [0, 0.1) is 17.8 Å². The Kier molecular flexibility index (Phi) is 6.96. The predicted octanol–water partition coefficient (Wildman–Crippen LogP) is 6.50. The van der Waals surface area contributed by atoms with Gasteiger partial charge in [-0.05, 0) is 80.1 Å². The molecular weight excluding hydrogens is 564 g/mol. The third kappa shape index (κ3) is 4.58. The number of ketones is 2. The van der Waals surface area contributed by atoms with Crippen LogP contribution in [0.4, 0.5) is 17.1 Å². The van der Waals surface area contributed by atoms with Gasteiger partial charge >= 0.3 is 0 Å². The Morgan fingerprint density at radius 3 is 2.38 bits per heavy atom. The van der Waals surface area contributed by atoms with E-state index in [0.717, 1.165) is 16.9 Å². The quantitative estimate of drug-likeness (QED) is 0.191. The summed E-state index contributed by atoms with van der Waals surface area (Å²) < 4.78 is 0. The number of aromatic hydroxyl groups is 1. The number of para-hydroxylation sites is 2. The van der Waals surface area contributed by atoms with Gasteiger partial charge in [0.25, 0.3) is 0 Å². The molecule has 1 saturated heterocycles. The fourth-order valence-electron chi connectivity index (χ4n) is 7.52. The number of anilines is 3. The SMILES string of the molecule is C=CCc1cccc(C2C3=CCC4C(=O)N(c5ccc(Nc6ccccc6)cc5)C(=O)C4C3CC3=C2C(=O)C(C)=CC3=O)c1O. The van der Waals surface area contributed by atoms with Gasteiger partial charge in [-0.15, -0.1) is 6.58 Å². The molecule has 3 aromatic carbocycles. The monoisotopic (exact) mass is 596 g/mol. The Hall–Kier alpha value is -5.30. The molecule has 3 aliphatic carbocycles. The normalized spacial score (nSPS) is 24.1. The number of imide groups is 1. The van der Waals surface area contributed by atoms with Gasteiger partial charge in [-0.2, -0.15) is 0 Å². The number of allylic oxidation sites excluding steroid dienone is 7. The molecule has 0 spiro atoms. The van der Waals surface area contributed by atoms with Gasteiger partial charge in [0.1, 0.15) is 5.75 Å². The minimum Gasteiger partial charge on any atom is -0.507 e. The zero-order chi connectivity index (χ0) is 31.4. The fraction of sp³-hybridized carbons (Fsp3) is 0.211.